The van der Waals surface area contributed by atoms with Crippen LogP contribution in [0.4, 0.5) is 0 Å². The number of hydrogen-bond donors (Lipinski definition) is 1. The van der Waals surface area contributed by atoms with Gasteiger partial charge in [0.05, 0.1) is 20.9 Å². The van der Waals surface area contributed by atoms with Crippen LogP contribution in [-0.2, 0) is 10.1 Å². The Morgan fingerprint density at radius 2 is 1.50 bits per heavy atom. The Balaban J connectivity index is 0. The van der Waals surface area contributed by atoms with Gasteiger partial charge < -0.3 is 9.87 Å². The van der Waals surface area contributed by atoms with E-state index in [9.17, 15) is 13.0 Å². The van der Waals surface area contributed by atoms with Crippen LogP contribution in [0.5, 0.6) is 0 Å². The molecule has 0 aromatic rings. The maximum Gasteiger partial charge on any atom is 1.00 e. The van der Waals surface area contributed by atoms with Crippen LogP contribution in [0.15, 0.2) is 0 Å². The number of rotatable bonds is 12. The van der Waals surface area contributed by atoms with E-state index in [0.717, 1.165) is 19.3 Å². The van der Waals surface area contributed by atoms with Crippen LogP contribution < -0.4 is 56.7 Å². The molecule has 0 aliphatic heterocycles. The van der Waals surface area contributed by atoms with Gasteiger partial charge in [-0.05, 0) is 26.7 Å². The predicted molar refractivity (Wildman–Crippen MR) is 91.6 cm³/mol. The fourth-order valence-electron chi connectivity index (χ4n) is 2.34. The van der Waals surface area contributed by atoms with Gasteiger partial charge in [0.1, 0.15) is 0 Å². The van der Waals surface area contributed by atoms with Crippen LogP contribution in [0.2, 0.25) is 0 Å². The Morgan fingerprint density at radius 1 is 1.05 bits per heavy atom. The fraction of sp³-hybridized carbons (Fsp3) is 0.933. The average Bonchev–Trinajstić information content (AvgIpc) is 2.28. The molecule has 0 amide bonds. The standard InChI is InChI=1S/C15H31NO3S2.K/c1-4-5-6-7-8-9-10-11-12-14(20)16-15(2,3)13-21(17,18)19;/h4-13H2,1-3H3,(H,16,20)(H,17,18,19);/q;+1/p-1. The van der Waals surface area contributed by atoms with Crippen molar-refractivity contribution in [3.8, 4) is 0 Å². The van der Waals surface area contributed by atoms with Crippen molar-refractivity contribution in [3.05, 3.63) is 0 Å². The van der Waals surface area contributed by atoms with Crippen LogP contribution in [-0.4, -0.2) is 29.3 Å². The summed E-state index contributed by atoms with van der Waals surface area (Å²) < 4.78 is 32.4. The van der Waals surface area contributed by atoms with Gasteiger partial charge in [-0.1, -0.05) is 64.1 Å². The summed E-state index contributed by atoms with van der Waals surface area (Å²) in [5.41, 5.74) is -0.794. The minimum absolute atomic E-state index is 0. The minimum atomic E-state index is -4.24. The van der Waals surface area contributed by atoms with E-state index in [1.165, 1.54) is 38.5 Å². The zero-order valence-electron chi connectivity index (χ0n) is 14.6. The van der Waals surface area contributed by atoms with Crippen molar-refractivity contribution in [3.63, 3.8) is 0 Å². The van der Waals surface area contributed by atoms with Crippen molar-refractivity contribution in [2.75, 3.05) is 5.75 Å². The van der Waals surface area contributed by atoms with Gasteiger partial charge in [-0.15, -0.1) is 0 Å². The average molecular weight is 376 g/mol. The van der Waals surface area contributed by atoms with E-state index in [1.54, 1.807) is 13.8 Å². The molecule has 0 rings (SSSR count). The molecule has 0 aromatic carbocycles. The maximum atomic E-state index is 10.8. The second kappa shape index (κ2) is 13.7. The summed E-state index contributed by atoms with van der Waals surface area (Å²) in [6, 6.07) is 0. The Morgan fingerprint density at radius 3 is 1.95 bits per heavy atom. The van der Waals surface area contributed by atoms with Crippen molar-refractivity contribution in [2.45, 2.75) is 84.1 Å². The van der Waals surface area contributed by atoms with Crippen molar-refractivity contribution < 1.29 is 64.4 Å². The van der Waals surface area contributed by atoms with E-state index in [0.29, 0.717) is 4.99 Å². The molecule has 0 saturated heterocycles. The van der Waals surface area contributed by atoms with Gasteiger partial charge in [-0.25, -0.2) is 8.42 Å². The molecule has 0 unspecified atom stereocenters. The van der Waals surface area contributed by atoms with E-state index in [2.05, 4.69) is 12.2 Å². The minimum Gasteiger partial charge on any atom is -0.748 e. The van der Waals surface area contributed by atoms with E-state index in [-0.39, 0.29) is 51.4 Å². The molecule has 0 aromatic heterocycles. The first-order chi connectivity index (χ1) is 9.66. The van der Waals surface area contributed by atoms with Gasteiger partial charge in [0.25, 0.3) is 0 Å². The van der Waals surface area contributed by atoms with Crippen LogP contribution in [0.25, 0.3) is 0 Å². The predicted octanol–water partition coefficient (Wildman–Crippen LogP) is 0.762. The first-order valence-electron chi connectivity index (χ1n) is 7.91. The first kappa shape index (κ1) is 25.7. The molecule has 22 heavy (non-hydrogen) atoms. The summed E-state index contributed by atoms with van der Waals surface area (Å²) in [7, 11) is -4.24. The number of thiocarbonyl (C=S) groups is 1. The Bertz CT molecular complexity index is 398. The third kappa shape index (κ3) is 17.8. The molecule has 0 aliphatic rings. The largest absolute Gasteiger partial charge is 1.00 e. The third-order valence-corrected chi connectivity index (χ3v) is 4.65. The third-order valence-electron chi connectivity index (χ3n) is 3.27. The number of hydrogen-bond acceptors (Lipinski definition) is 4. The zero-order chi connectivity index (χ0) is 16.4. The van der Waals surface area contributed by atoms with Crippen LogP contribution >= 0.6 is 12.2 Å². The van der Waals surface area contributed by atoms with Gasteiger partial charge in [0.2, 0.25) is 0 Å². The molecular formula is C15H30KNO3S2. The van der Waals surface area contributed by atoms with Crippen molar-refractivity contribution in [1.29, 1.82) is 0 Å². The molecule has 0 radical (unpaired) electrons. The normalized spacial score (nSPS) is 11.8. The van der Waals surface area contributed by atoms with Crippen LogP contribution in [0.1, 0.15) is 78.6 Å². The molecule has 0 aliphatic carbocycles. The topological polar surface area (TPSA) is 69.2 Å². The molecule has 1 N–H and O–H groups in total. The van der Waals surface area contributed by atoms with Gasteiger partial charge in [-0.2, -0.15) is 0 Å². The summed E-state index contributed by atoms with van der Waals surface area (Å²) in [6.07, 6.45) is 10.7. The summed E-state index contributed by atoms with van der Waals surface area (Å²) >= 11 is 5.22. The number of nitrogens with one attached hydrogen (secondary N) is 1. The van der Waals surface area contributed by atoms with Crippen LogP contribution in [0, 0.1) is 0 Å². The van der Waals surface area contributed by atoms with E-state index < -0.39 is 21.4 Å². The van der Waals surface area contributed by atoms with E-state index in [4.69, 9.17) is 12.2 Å². The van der Waals surface area contributed by atoms with Gasteiger partial charge in [0.15, 0.2) is 0 Å². The van der Waals surface area contributed by atoms with Crippen molar-refractivity contribution in [1.82, 2.24) is 5.32 Å². The summed E-state index contributed by atoms with van der Waals surface area (Å²) in [4.78, 5) is 0.648. The second-order valence-electron chi connectivity index (χ2n) is 6.36. The van der Waals surface area contributed by atoms with Crippen molar-refractivity contribution >= 4 is 27.3 Å². The molecule has 0 saturated carbocycles. The smallest absolute Gasteiger partial charge is 0.748 e. The van der Waals surface area contributed by atoms with Gasteiger partial charge in [0, 0.05) is 5.54 Å². The Labute approximate surface area is 184 Å². The quantitative estimate of drug-likeness (QED) is 0.236. The Hall–Kier alpha value is 1.44. The first-order valence-corrected chi connectivity index (χ1v) is 9.89. The van der Waals surface area contributed by atoms with Crippen LogP contribution in [0.3, 0.4) is 0 Å². The van der Waals surface area contributed by atoms with Crippen molar-refractivity contribution in [2.24, 2.45) is 0 Å². The van der Waals surface area contributed by atoms with E-state index >= 15 is 0 Å². The molecule has 0 bridgehead atoms. The summed E-state index contributed by atoms with van der Waals surface area (Å²) in [6.45, 7) is 5.58. The molecule has 0 heterocycles. The van der Waals surface area contributed by atoms with Gasteiger partial charge >= 0.3 is 51.4 Å². The fourth-order valence-corrected chi connectivity index (χ4v) is 3.71. The monoisotopic (exact) mass is 375 g/mol. The molecule has 4 nitrogen and oxygen atoms in total. The molecule has 0 atom stereocenters. The molecule has 0 fully saturated rings. The van der Waals surface area contributed by atoms with E-state index in [1.807, 2.05) is 0 Å². The number of unbranched alkanes of at least 4 members (excludes halogenated alkanes) is 7. The molecule has 126 valence electrons. The van der Waals surface area contributed by atoms with Gasteiger partial charge in [-0.3, -0.25) is 0 Å². The summed E-state index contributed by atoms with van der Waals surface area (Å²) in [5, 5.41) is 2.98. The zero-order valence-corrected chi connectivity index (χ0v) is 19.4. The molecule has 0 spiro atoms. The summed E-state index contributed by atoms with van der Waals surface area (Å²) in [5.74, 6) is -0.447. The maximum absolute atomic E-state index is 10.8. The Kier molecular flexibility index (Phi) is 16.0. The molecular weight excluding hydrogens is 345 g/mol. The SMILES string of the molecule is CCCCCCCCCCC(=S)NC(C)(C)CS(=O)(=O)[O-].[K+]. The molecule has 7 heteroatoms. The second-order valence-corrected chi connectivity index (χ2v) is 8.26.